The Kier molecular flexibility index (Phi) is 2.61. The lowest BCUT2D eigenvalue weighted by atomic mass is 9.70. The van der Waals surface area contributed by atoms with Gasteiger partial charge in [0.15, 0.2) is 0 Å². The fraction of sp³-hybridized carbons (Fsp3) is 1.00. The fourth-order valence-corrected chi connectivity index (χ4v) is 2.96. The summed E-state index contributed by atoms with van der Waals surface area (Å²) in [7, 11) is 0. The van der Waals surface area contributed by atoms with Crippen molar-refractivity contribution in [1.29, 1.82) is 0 Å². The van der Waals surface area contributed by atoms with Crippen molar-refractivity contribution in [3.63, 3.8) is 0 Å². The number of aliphatic hydroxyl groups excluding tert-OH is 1. The average Bonchev–Trinajstić information content (AvgIpc) is 2.54. The van der Waals surface area contributed by atoms with Crippen molar-refractivity contribution in [2.45, 2.75) is 57.6 Å². The first-order valence-corrected chi connectivity index (χ1v) is 5.62. The molecule has 2 rings (SSSR count). The van der Waals surface area contributed by atoms with E-state index in [1.807, 2.05) is 0 Å². The summed E-state index contributed by atoms with van der Waals surface area (Å²) in [4.78, 5) is 0. The van der Waals surface area contributed by atoms with Crippen molar-refractivity contribution in [1.82, 2.24) is 5.32 Å². The van der Waals surface area contributed by atoms with Crippen LogP contribution in [0.2, 0.25) is 0 Å². The predicted molar refractivity (Wildman–Crippen MR) is 53.6 cm³/mol. The predicted octanol–water partition coefficient (Wildman–Crippen LogP) is 1.68. The highest BCUT2D eigenvalue weighted by atomic mass is 16.3. The molecule has 2 fully saturated rings. The monoisotopic (exact) mass is 183 g/mol. The van der Waals surface area contributed by atoms with Gasteiger partial charge in [-0.1, -0.05) is 26.2 Å². The standard InChI is InChI=1S/C11H21NO/c1-11(5-3-2-4-6-11)10-7-9(13)8-12-10/h9-10,12-13H,2-8H2,1H3. The van der Waals surface area contributed by atoms with Crippen molar-refractivity contribution in [2.24, 2.45) is 5.41 Å². The normalized spacial score (nSPS) is 39.2. The SMILES string of the molecule is CC1(C2CC(O)CN2)CCCCC1. The highest BCUT2D eigenvalue weighted by Crippen LogP contribution is 2.41. The summed E-state index contributed by atoms with van der Waals surface area (Å²) in [5.74, 6) is 0. The summed E-state index contributed by atoms with van der Waals surface area (Å²) in [5, 5.41) is 12.9. The zero-order chi connectivity index (χ0) is 9.31. The van der Waals surface area contributed by atoms with Gasteiger partial charge < -0.3 is 10.4 Å². The number of hydrogen-bond acceptors (Lipinski definition) is 2. The van der Waals surface area contributed by atoms with Crippen molar-refractivity contribution < 1.29 is 5.11 Å². The number of β-amino-alcohol motifs (C(OH)–C–C–N with tert-alkyl or cyclic N) is 1. The van der Waals surface area contributed by atoms with E-state index >= 15 is 0 Å². The molecule has 2 heteroatoms. The molecule has 76 valence electrons. The molecule has 1 aliphatic carbocycles. The Morgan fingerprint density at radius 2 is 1.92 bits per heavy atom. The van der Waals surface area contributed by atoms with E-state index in [2.05, 4.69) is 12.2 Å². The van der Waals surface area contributed by atoms with Gasteiger partial charge in [0.2, 0.25) is 0 Å². The second-order valence-electron chi connectivity index (χ2n) is 5.07. The van der Waals surface area contributed by atoms with Crippen molar-refractivity contribution in [3.05, 3.63) is 0 Å². The Bertz CT molecular complexity index is 175. The van der Waals surface area contributed by atoms with Gasteiger partial charge in [0.1, 0.15) is 0 Å². The van der Waals surface area contributed by atoms with Crippen LogP contribution in [0, 0.1) is 5.41 Å². The molecule has 2 atom stereocenters. The molecule has 1 saturated carbocycles. The smallest absolute Gasteiger partial charge is 0.0679 e. The van der Waals surface area contributed by atoms with Gasteiger partial charge in [0.25, 0.3) is 0 Å². The first kappa shape index (κ1) is 9.47. The van der Waals surface area contributed by atoms with E-state index < -0.39 is 0 Å². The summed E-state index contributed by atoms with van der Waals surface area (Å²) in [5.41, 5.74) is 0.468. The first-order valence-electron chi connectivity index (χ1n) is 5.62. The third-order valence-electron chi connectivity index (χ3n) is 3.94. The molecule has 1 saturated heterocycles. The summed E-state index contributed by atoms with van der Waals surface area (Å²) in [6.45, 7) is 3.20. The second kappa shape index (κ2) is 3.58. The minimum atomic E-state index is -0.0937. The molecule has 0 bridgehead atoms. The molecular weight excluding hydrogens is 162 g/mol. The molecule has 0 amide bonds. The van der Waals surface area contributed by atoms with E-state index in [1.165, 1.54) is 32.1 Å². The Labute approximate surface area is 80.7 Å². The zero-order valence-electron chi connectivity index (χ0n) is 8.55. The van der Waals surface area contributed by atoms with Crippen molar-refractivity contribution in [2.75, 3.05) is 6.54 Å². The molecule has 2 N–H and O–H groups in total. The van der Waals surface area contributed by atoms with Gasteiger partial charge in [0.05, 0.1) is 6.10 Å². The maximum Gasteiger partial charge on any atom is 0.0679 e. The van der Waals surface area contributed by atoms with E-state index in [0.717, 1.165) is 13.0 Å². The number of aliphatic hydroxyl groups is 1. The summed E-state index contributed by atoms with van der Waals surface area (Å²) >= 11 is 0. The van der Waals surface area contributed by atoms with Crippen LogP contribution >= 0.6 is 0 Å². The topological polar surface area (TPSA) is 32.3 Å². The number of rotatable bonds is 1. The van der Waals surface area contributed by atoms with E-state index in [-0.39, 0.29) is 6.10 Å². The maximum absolute atomic E-state index is 9.48. The van der Waals surface area contributed by atoms with Gasteiger partial charge in [-0.15, -0.1) is 0 Å². The Hall–Kier alpha value is -0.0800. The van der Waals surface area contributed by atoms with Crippen LogP contribution in [0.15, 0.2) is 0 Å². The van der Waals surface area contributed by atoms with Crippen LogP contribution in [0.25, 0.3) is 0 Å². The van der Waals surface area contributed by atoms with Gasteiger partial charge in [-0.3, -0.25) is 0 Å². The summed E-state index contributed by atoms with van der Waals surface area (Å²) in [6, 6.07) is 0.572. The van der Waals surface area contributed by atoms with Crippen LogP contribution in [0.5, 0.6) is 0 Å². The van der Waals surface area contributed by atoms with E-state index in [9.17, 15) is 5.11 Å². The molecule has 1 aliphatic heterocycles. The van der Waals surface area contributed by atoms with Gasteiger partial charge >= 0.3 is 0 Å². The summed E-state index contributed by atoms with van der Waals surface area (Å²) in [6.07, 6.45) is 7.73. The minimum Gasteiger partial charge on any atom is -0.392 e. The van der Waals surface area contributed by atoms with Crippen LogP contribution in [0.4, 0.5) is 0 Å². The minimum absolute atomic E-state index is 0.0937. The average molecular weight is 183 g/mol. The molecule has 2 aliphatic rings. The van der Waals surface area contributed by atoms with E-state index in [0.29, 0.717) is 11.5 Å². The van der Waals surface area contributed by atoms with Gasteiger partial charge in [-0.05, 0) is 24.7 Å². The van der Waals surface area contributed by atoms with E-state index in [4.69, 9.17) is 0 Å². The first-order chi connectivity index (χ1) is 6.21. The molecule has 13 heavy (non-hydrogen) atoms. The Balaban J connectivity index is 1.97. The van der Waals surface area contributed by atoms with Crippen LogP contribution in [-0.2, 0) is 0 Å². The molecule has 0 radical (unpaired) electrons. The molecule has 2 unspecified atom stereocenters. The molecule has 1 heterocycles. The lowest BCUT2D eigenvalue weighted by molar-refractivity contribution is 0.137. The van der Waals surface area contributed by atoms with Crippen LogP contribution < -0.4 is 5.32 Å². The highest BCUT2D eigenvalue weighted by molar-refractivity contribution is 4.95. The zero-order valence-corrected chi connectivity index (χ0v) is 8.55. The number of hydrogen-bond donors (Lipinski definition) is 2. The quantitative estimate of drug-likeness (QED) is 0.648. The lowest BCUT2D eigenvalue weighted by Crippen LogP contribution is -2.40. The fourth-order valence-electron chi connectivity index (χ4n) is 2.96. The third-order valence-corrected chi connectivity index (χ3v) is 3.94. The van der Waals surface area contributed by atoms with Crippen LogP contribution in [0.1, 0.15) is 45.4 Å². The molecular formula is C11H21NO. The lowest BCUT2D eigenvalue weighted by Gasteiger charge is -2.39. The molecule has 0 aromatic heterocycles. The Morgan fingerprint density at radius 3 is 2.46 bits per heavy atom. The van der Waals surface area contributed by atoms with Gasteiger partial charge in [0, 0.05) is 12.6 Å². The largest absolute Gasteiger partial charge is 0.392 e. The van der Waals surface area contributed by atoms with Gasteiger partial charge in [-0.2, -0.15) is 0 Å². The van der Waals surface area contributed by atoms with Crippen LogP contribution in [0.3, 0.4) is 0 Å². The molecule has 0 aromatic rings. The number of nitrogens with one attached hydrogen (secondary N) is 1. The second-order valence-corrected chi connectivity index (χ2v) is 5.07. The maximum atomic E-state index is 9.48. The van der Waals surface area contributed by atoms with E-state index in [1.54, 1.807) is 0 Å². The Morgan fingerprint density at radius 1 is 1.23 bits per heavy atom. The van der Waals surface area contributed by atoms with Crippen molar-refractivity contribution >= 4 is 0 Å². The highest BCUT2D eigenvalue weighted by Gasteiger charge is 2.39. The summed E-state index contributed by atoms with van der Waals surface area (Å²) < 4.78 is 0. The third kappa shape index (κ3) is 1.89. The van der Waals surface area contributed by atoms with Crippen molar-refractivity contribution in [3.8, 4) is 0 Å². The van der Waals surface area contributed by atoms with Crippen LogP contribution in [-0.4, -0.2) is 23.8 Å². The molecule has 0 aromatic carbocycles. The molecule has 0 spiro atoms. The molecule has 2 nitrogen and oxygen atoms in total. The van der Waals surface area contributed by atoms with Gasteiger partial charge in [-0.25, -0.2) is 0 Å².